The van der Waals surface area contributed by atoms with Crippen LogP contribution in [-0.4, -0.2) is 52.9 Å². The minimum atomic E-state index is -1.37. The molecule has 224 valence electrons. The second kappa shape index (κ2) is 14.2. The van der Waals surface area contributed by atoms with Crippen molar-refractivity contribution in [3.05, 3.63) is 112 Å². The number of nitrogens with zero attached hydrogens (tertiary/aromatic N) is 4. The third kappa shape index (κ3) is 7.17. The van der Waals surface area contributed by atoms with Crippen molar-refractivity contribution in [2.75, 3.05) is 13.2 Å². The van der Waals surface area contributed by atoms with Crippen molar-refractivity contribution in [2.24, 2.45) is 10.1 Å². The number of hydrogen-bond donors (Lipinski definition) is 3. The first kappa shape index (κ1) is 30.1. The first-order chi connectivity index (χ1) is 21.0. The number of carbonyl (C=O) groups excluding carboxylic acids is 1. The van der Waals surface area contributed by atoms with E-state index in [1.165, 1.54) is 0 Å². The number of nitrogens with one attached hydrogen (secondary N) is 1. The normalized spacial score (nSPS) is 23.0. The molecule has 0 radical (unpaired) electrons. The predicted molar refractivity (Wildman–Crippen MR) is 163 cm³/mol. The molecule has 1 aliphatic carbocycles. The van der Waals surface area contributed by atoms with Crippen LogP contribution in [0.2, 0.25) is 0 Å². The number of aliphatic imine (C=N–C) groups is 1. The molecule has 43 heavy (non-hydrogen) atoms. The second-order valence-electron chi connectivity index (χ2n) is 11.0. The van der Waals surface area contributed by atoms with E-state index in [0.29, 0.717) is 55.9 Å². The third-order valence-electron chi connectivity index (χ3n) is 8.02. The Morgan fingerprint density at radius 1 is 1.05 bits per heavy atom. The van der Waals surface area contributed by atoms with Gasteiger partial charge < -0.3 is 25.0 Å². The summed E-state index contributed by atoms with van der Waals surface area (Å²) < 4.78 is 12.3. The van der Waals surface area contributed by atoms with E-state index in [4.69, 9.17) is 25.1 Å². The number of benzene rings is 3. The summed E-state index contributed by atoms with van der Waals surface area (Å²) in [7, 11) is 0. The number of amides is 1. The smallest absolute Gasteiger partial charge is 0.252 e. The van der Waals surface area contributed by atoms with Gasteiger partial charge in [-0.2, -0.15) is 0 Å². The van der Waals surface area contributed by atoms with Crippen LogP contribution in [0, 0.1) is 0 Å². The molecule has 0 aromatic heterocycles. The Balaban J connectivity index is 1.58. The number of aliphatic hydroxyl groups is 2. The van der Waals surface area contributed by atoms with Crippen molar-refractivity contribution < 1.29 is 24.5 Å². The van der Waals surface area contributed by atoms with Crippen molar-refractivity contribution >= 4 is 11.8 Å². The molecule has 2 atom stereocenters. The quantitative estimate of drug-likeness (QED) is 0.116. The van der Waals surface area contributed by atoms with Crippen molar-refractivity contribution in [1.29, 1.82) is 0 Å². The van der Waals surface area contributed by atoms with Gasteiger partial charge in [0.25, 0.3) is 5.91 Å². The summed E-state index contributed by atoms with van der Waals surface area (Å²) >= 11 is 0. The summed E-state index contributed by atoms with van der Waals surface area (Å²) in [6.45, 7) is 0.555. The molecule has 3 aromatic rings. The van der Waals surface area contributed by atoms with Gasteiger partial charge >= 0.3 is 0 Å². The molecule has 1 saturated carbocycles. The molecular weight excluding hydrogens is 546 g/mol. The molecule has 0 bridgehead atoms. The average molecular weight is 584 g/mol. The summed E-state index contributed by atoms with van der Waals surface area (Å²) in [5.74, 6) is 0.732. The molecule has 1 heterocycles. The lowest BCUT2D eigenvalue weighted by Crippen LogP contribution is -2.53. The number of azide groups is 1. The zero-order valence-electron chi connectivity index (χ0n) is 24.0. The zero-order chi connectivity index (χ0) is 30.1. The van der Waals surface area contributed by atoms with Crippen LogP contribution >= 0.6 is 0 Å². The molecule has 3 aromatic carbocycles. The fourth-order valence-corrected chi connectivity index (χ4v) is 5.74. The van der Waals surface area contributed by atoms with Gasteiger partial charge in [0, 0.05) is 36.0 Å². The largest absolute Gasteiger partial charge is 0.494 e. The molecule has 1 fully saturated rings. The van der Waals surface area contributed by atoms with E-state index in [2.05, 4.69) is 15.3 Å². The molecule has 0 spiro atoms. The van der Waals surface area contributed by atoms with Gasteiger partial charge in [-0.15, -0.1) is 0 Å². The highest BCUT2D eigenvalue weighted by atomic mass is 16.5. The highest BCUT2D eigenvalue weighted by Crippen LogP contribution is 2.44. The SMILES string of the molecule is [N-]=[N+]=NCc1ccccc1[C@H]1OC(c2ccc(OCCCO)cc2)=N[C@@]1(Cc1ccccc1)C(=O)NC1CCC(O)CC1. The lowest BCUT2D eigenvalue weighted by atomic mass is 9.80. The fraction of sp³-hybridized carbons (Fsp3) is 0.394. The van der Waals surface area contributed by atoms with Gasteiger partial charge in [0.2, 0.25) is 5.90 Å². The van der Waals surface area contributed by atoms with E-state index in [1.54, 1.807) is 0 Å². The molecule has 10 heteroatoms. The summed E-state index contributed by atoms with van der Waals surface area (Å²) in [4.78, 5) is 22.6. The molecule has 3 N–H and O–H groups in total. The summed E-state index contributed by atoms with van der Waals surface area (Å²) in [6.07, 6.45) is 2.29. The van der Waals surface area contributed by atoms with E-state index in [1.807, 2.05) is 78.9 Å². The maximum atomic E-state index is 14.5. The first-order valence-electron chi connectivity index (χ1n) is 14.7. The number of carbonyl (C=O) groups is 1. The molecule has 1 aliphatic heterocycles. The van der Waals surface area contributed by atoms with Crippen LogP contribution in [-0.2, 0) is 22.5 Å². The number of ether oxygens (including phenoxy) is 2. The molecular formula is C33H37N5O5. The van der Waals surface area contributed by atoms with Gasteiger partial charge in [-0.05, 0) is 72.2 Å². The summed E-state index contributed by atoms with van der Waals surface area (Å²) in [6, 6.07) is 24.5. The standard InChI is InChI=1S/C33H37N5O5/c34-38-35-22-25-9-4-5-10-29(25)30-33(21-23-7-2-1-3-8-23,32(41)36-26-13-15-27(40)16-14-26)37-31(43-30)24-11-17-28(18-12-24)42-20-6-19-39/h1-5,7-12,17-18,26-27,30,39-40H,6,13-16,19-22H2,(H,36,41)/t26?,27?,30-,33-/m1/s1. The Kier molecular flexibility index (Phi) is 9.94. The first-order valence-corrected chi connectivity index (χ1v) is 14.7. The van der Waals surface area contributed by atoms with Gasteiger partial charge in [-0.3, -0.25) is 4.79 Å². The number of aliphatic hydroxyl groups excluding tert-OH is 2. The Morgan fingerprint density at radius 3 is 2.49 bits per heavy atom. The Labute approximate surface area is 251 Å². The highest BCUT2D eigenvalue weighted by Gasteiger charge is 2.54. The van der Waals surface area contributed by atoms with Gasteiger partial charge in [0.1, 0.15) is 5.75 Å². The molecule has 0 unspecified atom stereocenters. The van der Waals surface area contributed by atoms with E-state index in [0.717, 1.165) is 16.7 Å². The minimum Gasteiger partial charge on any atom is -0.494 e. The average Bonchev–Trinajstić information content (AvgIpc) is 3.42. The lowest BCUT2D eigenvalue weighted by Gasteiger charge is -2.34. The number of rotatable bonds is 12. The Bertz CT molecular complexity index is 1450. The van der Waals surface area contributed by atoms with Crippen LogP contribution in [0.5, 0.6) is 5.75 Å². The van der Waals surface area contributed by atoms with Crippen LogP contribution in [0.15, 0.2) is 89.0 Å². The molecule has 0 saturated heterocycles. The van der Waals surface area contributed by atoms with Crippen LogP contribution in [0.1, 0.15) is 60.5 Å². The number of hydrogen-bond acceptors (Lipinski definition) is 7. The maximum Gasteiger partial charge on any atom is 0.252 e. The van der Waals surface area contributed by atoms with Crippen molar-refractivity contribution in [3.8, 4) is 5.75 Å². The minimum absolute atomic E-state index is 0.0538. The predicted octanol–water partition coefficient (Wildman–Crippen LogP) is 5.18. The Hall–Kier alpha value is -4.37. The van der Waals surface area contributed by atoms with E-state index in [-0.39, 0.29) is 37.6 Å². The van der Waals surface area contributed by atoms with E-state index >= 15 is 0 Å². The zero-order valence-corrected chi connectivity index (χ0v) is 24.0. The fourth-order valence-electron chi connectivity index (χ4n) is 5.74. The Morgan fingerprint density at radius 2 is 1.77 bits per heavy atom. The van der Waals surface area contributed by atoms with E-state index < -0.39 is 11.6 Å². The molecule has 1 amide bonds. The van der Waals surface area contributed by atoms with Crippen LogP contribution in [0.4, 0.5) is 0 Å². The van der Waals surface area contributed by atoms with Crippen molar-refractivity contribution in [3.63, 3.8) is 0 Å². The summed E-state index contributed by atoms with van der Waals surface area (Å²) in [5.41, 5.74) is 10.8. The van der Waals surface area contributed by atoms with E-state index in [9.17, 15) is 9.90 Å². The van der Waals surface area contributed by atoms with Gasteiger partial charge in [0.05, 0.1) is 19.3 Å². The second-order valence-corrected chi connectivity index (χ2v) is 11.0. The van der Waals surface area contributed by atoms with Crippen LogP contribution in [0.25, 0.3) is 10.4 Å². The highest BCUT2D eigenvalue weighted by molar-refractivity contribution is 6.01. The summed E-state index contributed by atoms with van der Waals surface area (Å²) in [5, 5.41) is 26.2. The van der Waals surface area contributed by atoms with Crippen LogP contribution in [0.3, 0.4) is 0 Å². The van der Waals surface area contributed by atoms with Gasteiger partial charge in [-0.1, -0.05) is 59.7 Å². The topological polar surface area (TPSA) is 149 Å². The van der Waals surface area contributed by atoms with Crippen molar-refractivity contribution in [1.82, 2.24) is 5.32 Å². The van der Waals surface area contributed by atoms with Gasteiger partial charge in [-0.25, -0.2) is 4.99 Å². The van der Waals surface area contributed by atoms with Crippen molar-refractivity contribution in [2.45, 2.75) is 68.9 Å². The monoisotopic (exact) mass is 583 g/mol. The molecule has 2 aliphatic rings. The maximum absolute atomic E-state index is 14.5. The lowest BCUT2D eigenvalue weighted by molar-refractivity contribution is -0.130. The molecule has 5 rings (SSSR count). The van der Waals surface area contributed by atoms with Gasteiger partial charge in [0.15, 0.2) is 11.6 Å². The van der Waals surface area contributed by atoms with Crippen LogP contribution < -0.4 is 10.1 Å². The third-order valence-corrected chi connectivity index (χ3v) is 8.02. The molecule has 10 nitrogen and oxygen atoms in total.